The van der Waals surface area contributed by atoms with Crippen LogP contribution >= 0.6 is 0 Å². The molecule has 2 saturated carbocycles. The Morgan fingerprint density at radius 2 is 0.950 bits per heavy atom. The number of rotatable bonds is 6. The molecular formula is C32H50N2O4S2. The molecule has 224 valence electrons. The average Bonchev–Trinajstić information content (AvgIpc) is 2.91. The topological polar surface area (TPSA) is 98.7 Å². The van der Waals surface area contributed by atoms with Crippen LogP contribution in [-0.2, 0) is 33.2 Å². The Hall–Kier alpha value is -1.42. The van der Waals surface area contributed by atoms with Gasteiger partial charge >= 0.3 is 0 Å². The van der Waals surface area contributed by atoms with Crippen molar-refractivity contribution in [3.05, 3.63) is 71.8 Å². The molecule has 2 fully saturated rings. The lowest BCUT2D eigenvalue weighted by atomic mass is 9.76. The van der Waals surface area contributed by atoms with Crippen molar-refractivity contribution in [2.45, 2.75) is 126 Å². The molecule has 0 unspecified atom stereocenters. The average molecular weight is 591 g/mol. The fraction of sp³-hybridized carbons (Fsp3) is 0.625. The molecule has 40 heavy (non-hydrogen) atoms. The molecule has 0 bridgehead atoms. The minimum absolute atomic E-state index is 0.154. The Morgan fingerprint density at radius 3 is 1.25 bits per heavy atom. The Kier molecular flexibility index (Phi) is 11.3. The van der Waals surface area contributed by atoms with Gasteiger partial charge in [0.1, 0.15) is 11.2 Å². The summed E-state index contributed by atoms with van der Waals surface area (Å²) in [5.41, 5.74) is 0.00659. The minimum Gasteiger partial charge on any atom is -0.383 e. The summed E-state index contributed by atoms with van der Waals surface area (Å²) < 4.78 is 30.4. The van der Waals surface area contributed by atoms with E-state index in [0.29, 0.717) is 0 Å². The summed E-state index contributed by atoms with van der Waals surface area (Å²) in [5, 5.41) is 22.2. The van der Waals surface area contributed by atoms with Crippen LogP contribution in [0.5, 0.6) is 0 Å². The van der Waals surface area contributed by atoms with Crippen molar-refractivity contribution >= 4 is 22.0 Å². The maximum Gasteiger partial charge on any atom is 0.106 e. The van der Waals surface area contributed by atoms with Gasteiger partial charge in [-0.3, -0.25) is 0 Å². The molecule has 0 saturated heterocycles. The summed E-state index contributed by atoms with van der Waals surface area (Å²) in [4.78, 5) is 0. The van der Waals surface area contributed by atoms with Gasteiger partial charge in [0.25, 0.3) is 0 Å². The van der Waals surface area contributed by atoms with E-state index in [4.69, 9.17) is 0 Å². The first kappa shape index (κ1) is 33.1. The van der Waals surface area contributed by atoms with Gasteiger partial charge in [-0.25, -0.2) is 17.9 Å². The van der Waals surface area contributed by atoms with E-state index in [9.17, 15) is 18.6 Å². The van der Waals surface area contributed by atoms with E-state index in [1.165, 1.54) is 0 Å². The Balaban J connectivity index is 0.000000220. The fourth-order valence-electron chi connectivity index (χ4n) is 5.38. The summed E-state index contributed by atoms with van der Waals surface area (Å²) >= 11 is 0. The van der Waals surface area contributed by atoms with E-state index in [0.717, 1.165) is 62.5 Å². The van der Waals surface area contributed by atoms with Crippen LogP contribution < -0.4 is 9.44 Å². The second kappa shape index (κ2) is 13.7. The van der Waals surface area contributed by atoms with E-state index < -0.39 is 33.2 Å². The molecule has 0 aromatic heterocycles. The quantitative estimate of drug-likeness (QED) is 0.345. The normalized spacial score (nSPS) is 29.1. The van der Waals surface area contributed by atoms with Gasteiger partial charge in [-0.05, 0) is 78.4 Å². The highest BCUT2D eigenvalue weighted by molar-refractivity contribution is 7.84. The summed E-state index contributed by atoms with van der Waals surface area (Å²) in [6.07, 6.45) is 7.28. The zero-order valence-electron chi connectivity index (χ0n) is 25.1. The van der Waals surface area contributed by atoms with Gasteiger partial charge in [-0.15, -0.1) is 0 Å². The minimum atomic E-state index is -1.17. The van der Waals surface area contributed by atoms with Crippen molar-refractivity contribution in [1.82, 2.24) is 9.44 Å². The Morgan fingerprint density at radius 1 is 0.625 bits per heavy atom. The van der Waals surface area contributed by atoms with Gasteiger partial charge in [0, 0.05) is 0 Å². The van der Waals surface area contributed by atoms with Crippen molar-refractivity contribution in [3.8, 4) is 0 Å². The third kappa shape index (κ3) is 8.33. The molecule has 4 N–H and O–H groups in total. The first-order valence-electron chi connectivity index (χ1n) is 14.6. The van der Waals surface area contributed by atoms with Gasteiger partial charge in [-0.1, -0.05) is 86.3 Å². The van der Waals surface area contributed by atoms with Crippen molar-refractivity contribution in [3.63, 3.8) is 0 Å². The summed E-state index contributed by atoms with van der Waals surface area (Å²) in [6.45, 7) is 11.7. The second-order valence-corrected chi connectivity index (χ2v) is 17.2. The Labute approximate surface area is 246 Å². The predicted molar refractivity (Wildman–Crippen MR) is 167 cm³/mol. The number of nitrogens with one attached hydrogen (secondary N) is 2. The first-order valence-corrected chi connectivity index (χ1v) is 16.9. The van der Waals surface area contributed by atoms with Crippen LogP contribution in [0.2, 0.25) is 0 Å². The van der Waals surface area contributed by atoms with Crippen molar-refractivity contribution in [2.24, 2.45) is 0 Å². The standard InChI is InChI=1S/2C16H25NO2S/c2*1-15(2,3)20(19)17-14-11-7-8-12-16(14,18)13-9-5-4-6-10-13/h2*4-6,9-10,14,17-18H,7-8,11-12H2,1-3H3/t2*14-,16+,20+/m11/s1. The van der Waals surface area contributed by atoms with Gasteiger partial charge in [-0.2, -0.15) is 0 Å². The van der Waals surface area contributed by atoms with Gasteiger partial charge < -0.3 is 10.2 Å². The van der Waals surface area contributed by atoms with Gasteiger partial charge in [0.2, 0.25) is 0 Å². The molecule has 2 aromatic carbocycles. The van der Waals surface area contributed by atoms with Crippen LogP contribution in [0.1, 0.15) is 104 Å². The molecule has 8 heteroatoms. The van der Waals surface area contributed by atoms with Crippen molar-refractivity contribution in [2.75, 3.05) is 0 Å². The first-order chi connectivity index (χ1) is 18.7. The highest BCUT2D eigenvalue weighted by Gasteiger charge is 2.43. The highest BCUT2D eigenvalue weighted by Crippen LogP contribution is 2.39. The third-order valence-corrected chi connectivity index (χ3v) is 11.1. The molecule has 2 aromatic rings. The molecule has 0 heterocycles. The van der Waals surface area contributed by atoms with Crippen molar-refractivity contribution in [1.29, 1.82) is 0 Å². The number of hydrogen-bond acceptors (Lipinski definition) is 4. The fourth-order valence-corrected chi connectivity index (χ4v) is 7.23. The maximum absolute atomic E-state index is 12.3. The third-order valence-electron chi connectivity index (χ3n) is 7.91. The van der Waals surface area contributed by atoms with Gasteiger partial charge in [0.05, 0.1) is 43.5 Å². The molecule has 2 aliphatic rings. The summed E-state index contributed by atoms with van der Waals surface area (Å²) in [7, 11) is -2.33. The highest BCUT2D eigenvalue weighted by atomic mass is 32.2. The zero-order valence-corrected chi connectivity index (χ0v) is 26.7. The zero-order chi connectivity index (χ0) is 29.6. The van der Waals surface area contributed by atoms with E-state index in [-0.39, 0.29) is 21.6 Å². The number of hydrogen-bond donors (Lipinski definition) is 4. The van der Waals surface area contributed by atoms with Crippen LogP contribution in [-0.4, -0.2) is 40.2 Å². The van der Waals surface area contributed by atoms with Gasteiger partial charge in [0.15, 0.2) is 0 Å². The summed E-state index contributed by atoms with van der Waals surface area (Å²) in [6, 6.07) is 19.2. The van der Waals surface area contributed by atoms with Crippen LogP contribution in [0.25, 0.3) is 0 Å². The van der Waals surface area contributed by atoms with Crippen LogP contribution in [0, 0.1) is 0 Å². The molecule has 0 aliphatic heterocycles. The monoisotopic (exact) mass is 590 g/mol. The SMILES string of the molecule is CC(C)(C)[S@](=O)N[C@@H]1CCCC[C@]1(O)c1ccccc1.CC(C)(C)[S@](=O)N[C@@H]1CCCC[C@]1(O)c1ccccc1. The molecule has 0 amide bonds. The lowest BCUT2D eigenvalue weighted by Gasteiger charge is -2.41. The number of aliphatic hydroxyl groups is 2. The smallest absolute Gasteiger partial charge is 0.106 e. The van der Waals surface area contributed by atoms with Crippen molar-refractivity contribution < 1.29 is 18.6 Å². The largest absolute Gasteiger partial charge is 0.383 e. The van der Waals surface area contributed by atoms with E-state index in [1.54, 1.807) is 0 Å². The van der Waals surface area contributed by atoms with Crippen LogP contribution in [0.3, 0.4) is 0 Å². The van der Waals surface area contributed by atoms with E-state index in [2.05, 4.69) is 9.44 Å². The number of benzene rings is 2. The lowest BCUT2D eigenvalue weighted by Crippen LogP contribution is -2.53. The Bertz CT molecular complexity index is 1030. The van der Waals surface area contributed by atoms with E-state index in [1.807, 2.05) is 102 Å². The molecule has 6 nitrogen and oxygen atoms in total. The summed E-state index contributed by atoms with van der Waals surface area (Å²) in [5.74, 6) is 0. The van der Waals surface area contributed by atoms with Crippen LogP contribution in [0.15, 0.2) is 60.7 Å². The molecular weight excluding hydrogens is 540 g/mol. The molecule has 6 atom stereocenters. The molecule has 0 spiro atoms. The molecule has 2 aliphatic carbocycles. The molecule has 4 rings (SSSR count). The van der Waals surface area contributed by atoms with Crippen LogP contribution in [0.4, 0.5) is 0 Å². The predicted octanol–water partition coefficient (Wildman–Crippen LogP) is 5.74. The van der Waals surface area contributed by atoms with E-state index >= 15 is 0 Å². The molecule has 0 radical (unpaired) electrons. The maximum atomic E-state index is 12.3. The lowest BCUT2D eigenvalue weighted by molar-refractivity contribution is -0.0248. The second-order valence-electron chi connectivity index (χ2n) is 13.2.